The van der Waals surface area contributed by atoms with E-state index in [9.17, 15) is 0 Å². The van der Waals surface area contributed by atoms with Gasteiger partial charge in [-0.15, -0.1) is 6.58 Å². The van der Waals surface area contributed by atoms with Crippen LogP contribution in [0.4, 0.5) is 0 Å². The second-order valence-corrected chi connectivity index (χ2v) is 5.65. The highest BCUT2D eigenvalue weighted by atomic mass is 15.1. The van der Waals surface area contributed by atoms with Gasteiger partial charge in [0.25, 0.3) is 0 Å². The quantitative estimate of drug-likeness (QED) is 0.615. The molecule has 0 saturated carbocycles. The van der Waals surface area contributed by atoms with E-state index in [1.54, 1.807) is 0 Å². The van der Waals surface area contributed by atoms with Crippen LogP contribution in [0.3, 0.4) is 0 Å². The molecule has 0 saturated heterocycles. The molecule has 3 aromatic rings. The molecule has 1 heterocycles. The van der Waals surface area contributed by atoms with Crippen LogP contribution in [0.2, 0.25) is 0 Å². The summed E-state index contributed by atoms with van der Waals surface area (Å²) in [6.45, 7) is 9.14. The average molecular weight is 276 g/mol. The molecule has 0 amide bonds. The minimum absolute atomic E-state index is 0.916. The molecule has 21 heavy (non-hydrogen) atoms. The number of hydrogen-bond acceptors (Lipinski definition) is 1. The summed E-state index contributed by atoms with van der Waals surface area (Å²) in [4.78, 5) is 4.84. The van der Waals surface area contributed by atoms with E-state index in [0.717, 1.165) is 29.9 Å². The fourth-order valence-electron chi connectivity index (χ4n) is 2.57. The van der Waals surface area contributed by atoms with E-state index in [4.69, 9.17) is 4.98 Å². The van der Waals surface area contributed by atoms with Crippen molar-refractivity contribution in [1.29, 1.82) is 0 Å². The molecule has 2 nitrogen and oxygen atoms in total. The molecule has 0 aliphatic carbocycles. The Morgan fingerprint density at radius 2 is 1.90 bits per heavy atom. The summed E-state index contributed by atoms with van der Waals surface area (Å²) in [7, 11) is 0. The SMILES string of the molecule is C=C(C)CCn1c(-c2ccccc2)nc2ccc(C)cc21. The molecule has 0 atom stereocenters. The number of aromatic nitrogens is 2. The Morgan fingerprint density at radius 1 is 1.14 bits per heavy atom. The fraction of sp³-hybridized carbons (Fsp3) is 0.211. The summed E-state index contributed by atoms with van der Waals surface area (Å²) >= 11 is 0. The van der Waals surface area contributed by atoms with E-state index in [-0.39, 0.29) is 0 Å². The van der Waals surface area contributed by atoms with Gasteiger partial charge in [-0.25, -0.2) is 4.98 Å². The Bertz CT molecular complexity index is 782. The van der Waals surface area contributed by atoms with Gasteiger partial charge in [0.05, 0.1) is 11.0 Å². The molecule has 0 aliphatic heterocycles. The van der Waals surface area contributed by atoms with Crippen LogP contribution in [-0.4, -0.2) is 9.55 Å². The monoisotopic (exact) mass is 276 g/mol. The van der Waals surface area contributed by atoms with Crippen LogP contribution in [0.5, 0.6) is 0 Å². The first-order valence-corrected chi connectivity index (χ1v) is 7.32. The summed E-state index contributed by atoms with van der Waals surface area (Å²) in [5, 5.41) is 0. The molecule has 106 valence electrons. The molecule has 0 aliphatic rings. The van der Waals surface area contributed by atoms with Crippen molar-refractivity contribution in [3.63, 3.8) is 0 Å². The van der Waals surface area contributed by atoms with Crippen molar-refractivity contribution in [2.24, 2.45) is 0 Å². The van der Waals surface area contributed by atoms with Crippen molar-refractivity contribution in [2.75, 3.05) is 0 Å². The van der Waals surface area contributed by atoms with E-state index >= 15 is 0 Å². The first kappa shape index (κ1) is 13.6. The second kappa shape index (κ2) is 5.57. The minimum atomic E-state index is 0.916. The number of aryl methyl sites for hydroxylation is 2. The molecular weight excluding hydrogens is 256 g/mol. The minimum Gasteiger partial charge on any atom is -0.324 e. The normalized spacial score (nSPS) is 11.0. The van der Waals surface area contributed by atoms with Gasteiger partial charge < -0.3 is 4.57 Å². The van der Waals surface area contributed by atoms with Gasteiger partial charge in [-0.3, -0.25) is 0 Å². The highest BCUT2D eigenvalue weighted by Crippen LogP contribution is 2.26. The Balaban J connectivity index is 2.18. The summed E-state index contributed by atoms with van der Waals surface area (Å²) in [5.41, 5.74) is 5.88. The third-order valence-electron chi connectivity index (χ3n) is 3.70. The van der Waals surface area contributed by atoms with E-state index in [0.29, 0.717) is 0 Å². The molecule has 2 heteroatoms. The molecule has 0 spiro atoms. The Kier molecular flexibility index (Phi) is 3.61. The number of nitrogens with zero attached hydrogens (tertiary/aromatic N) is 2. The highest BCUT2D eigenvalue weighted by Gasteiger charge is 2.12. The van der Waals surface area contributed by atoms with E-state index in [1.807, 2.05) is 6.07 Å². The van der Waals surface area contributed by atoms with Gasteiger partial charge in [0, 0.05) is 12.1 Å². The number of rotatable bonds is 4. The van der Waals surface area contributed by atoms with Crippen LogP contribution in [0, 0.1) is 6.92 Å². The Hall–Kier alpha value is -2.35. The van der Waals surface area contributed by atoms with Crippen molar-refractivity contribution in [1.82, 2.24) is 9.55 Å². The molecule has 0 bridgehead atoms. The third-order valence-corrected chi connectivity index (χ3v) is 3.70. The first-order chi connectivity index (χ1) is 10.1. The summed E-state index contributed by atoms with van der Waals surface area (Å²) in [6.07, 6.45) is 0.971. The van der Waals surface area contributed by atoms with Gasteiger partial charge in [0.15, 0.2) is 0 Å². The number of allylic oxidation sites excluding steroid dienone is 1. The van der Waals surface area contributed by atoms with E-state index in [1.165, 1.54) is 16.7 Å². The van der Waals surface area contributed by atoms with Crippen LogP contribution < -0.4 is 0 Å². The lowest BCUT2D eigenvalue weighted by Gasteiger charge is -2.09. The fourth-order valence-corrected chi connectivity index (χ4v) is 2.57. The van der Waals surface area contributed by atoms with E-state index < -0.39 is 0 Å². The smallest absolute Gasteiger partial charge is 0.141 e. The lowest BCUT2D eigenvalue weighted by molar-refractivity contribution is 0.719. The first-order valence-electron chi connectivity index (χ1n) is 7.32. The largest absolute Gasteiger partial charge is 0.324 e. The summed E-state index contributed by atoms with van der Waals surface area (Å²) in [6, 6.07) is 16.8. The number of imidazole rings is 1. The molecule has 0 fully saturated rings. The number of benzene rings is 2. The molecular formula is C19H20N2. The second-order valence-electron chi connectivity index (χ2n) is 5.65. The van der Waals surface area contributed by atoms with Crippen LogP contribution in [0.25, 0.3) is 22.4 Å². The van der Waals surface area contributed by atoms with Crippen LogP contribution >= 0.6 is 0 Å². The van der Waals surface area contributed by atoms with Gasteiger partial charge in [-0.1, -0.05) is 42.0 Å². The zero-order valence-corrected chi connectivity index (χ0v) is 12.6. The van der Waals surface area contributed by atoms with Crippen molar-refractivity contribution in [3.05, 3.63) is 66.2 Å². The number of fused-ring (bicyclic) bond motifs is 1. The highest BCUT2D eigenvalue weighted by molar-refractivity contribution is 5.81. The molecule has 1 aromatic heterocycles. The zero-order chi connectivity index (χ0) is 14.8. The third kappa shape index (κ3) is 2.75. The lowest BCUT2D eigenvalue weighted by Crippen LogP contribution is -2.01. The van der Waals surface area contributed by atoms with Crippen molar-refractivity contribution in [3.8, 4) is 11.4 Å². The molecule has 0 radical (unpaired) electrons. The number of hydrogen-bond donors (Lipinski definition) is 0. The maximum absolute atomic E-state index is 4.84. The molecule has 0 N–H and O–H groups in total. The van der Waals surface area contributed by atoms with Crippen molar-refractivity contribution >= 4 is 11.0 Å². The predicted octanol–water partition coefficient (Wildman–Crippen LogP) is 4.98. The zero-order valence-electron chi connectivity index (χ0n) is 12.6. The Labute approximate surface area is 125 Å². The van der Waals surface area contributed by atoms with Crippen molar-refractivity contribution < 1.29 is 0 Å². The van der Waals surface area contributed by atoms with Gasteiger partial charge in [0.1, 0.15) is 5.82 Å². The van der Waals surface area contributed by atoms with Crippen LogP contribution in [-0.2, 0) is 6.54 Å². The maximum Gasteiger partial charge on any atom is 0.141 e. The Morgan fingerprint density at radius 3 is 2.62 bits per heavy atom. The van der Waals surface area contributed by atoms with E-state index in [2.05, 4.69) is 67.5 Å². The van der Waals surface area contributed by atoms with Crippen LogP contribution in [0.1, 0.15) is 18.9 Å². The summed E-state index contributed by atoms with van der Waals surface area (Å²) < 4.78 is 2.31. The topological polar surface area (TPSA) is 17.8 Å². The average Bonchev–Trinajstić information content (AvgIpc) is 2.84. The van der Waals surface area contributed by atoms with Gasteiger partial charge in [0.2, 0.25) is 0 Å². The maximum atomic E-state index is 4.84. The molecule has 0 unspecified atom stereocenters. The molecule has 3 rings (SSSR count). The van der Waals surface area contributed by atoms with Gasteiger partial charge >= 0.3 is 0 Å². The summed E-state index contributed by atoms with van der Waals surface area (Å²) in [5.74, 6) is 1.04. The van der Waals surface area contributed by atoms with Crippen molar-refractivity contribution in [2.45, 2.75) is 26.8 Å². The van der Waals surface area contributed by atoms with Crippen LogP contribution in [0.15, 0.2) is 60.7 Å². The van der Waals surface area contributed by atoms with Gasteiger partial charge in [-0.2, -0.15) is 0 Å². The standard InChI is InChI=1S/C19H20N2/c1-14(2)11-12-21-18-13-15(3)9-10-17(18)20-19(21)16-7-5-4-6-8-16/h4-10,13H,1,11-12H2,2-3H3. The predicted molar refractivity (Wildman–Crippen MR) is 89.3 cm³/mol. The lowest BCUT2D eigenvalue weighted by atomic mass is 10.2. The van der Waals surface area contributed by atoms with Gasteiger partial charge in [-0.05, 0) is 38.0 Å². The molecule has 2 aromatic carbocycles.